The minimum atomic E-state index is -0.440. The molecule has 1 amide bonds. The van der Waals surface area contributed by atoms with Gasteiger partial charge in [0.1, 0.15) is 10.7 Å². The Hall–Kier alpha value is -2.34. The highest BCUT2D eigenvalue weighted by Gasteiger charge is 2.23. The van der Waals surface area contributed by atoms with Crippen LogP contribution in [0, 0.1) is 12.8 Å². The molecule has 0 spiro atoms. The Labute approximate surface area is 144 Å². The van der Waals surface area contributed by atoms with E-state index in [-0.39, 0.29) is 21.8 Å². The Morgan fingerprint density at radius 3 is 2.92 bits per heavy atom. The first kappa shape index (κ1) is 16.5. The van der Waals surface area contributed by atoms with Gasteiger partial charge in [0.15, 0.2) is 0 Å². The van der Waals surface area contributed by atoms with Crippen molar-refractivity contribution in [2.24, 2.45) is 13.0 Å². The molecule has 0 bridgehead atoms. The lowest BCUT2D eigenvalue weighted by atomic mass is 10.2. The zero-order valence-corrected chi connectivity index (χ0v) is 14.3. The number of anilines is 1. The van der Waals surface area contributed by atoms with E-state index < -0.39 is 5.91 Å². The van der Waals surface area contributed by atoms with Gasteiger partial charge in [0.25, 0.3) is 11.5 Å². The number of amides is 1. The molecular weight excluding hydrogens is 330 g/mol. The van der Waals surface area contributed by atoms with Gasteiger partial charge < -0.3 is 14.6 Å². The number of hydrogen-bond donors (Lipinski definition) is 1. The molecule has 2 aromatic heterocycles. The van der Waals surface area contributed by atoms with Crippen LogP contribution in [0.5, 0.6) is 5.88 Å². The molecule has 0 atom stereocenters. The second-order valence-corrected chi connectivity index (χ2v) is 6.42. The monoisotopic (exact) mass is 347 g/mol. The van der Waals surface area contributed by atoms with Gasteiger partial charge >= 0.3 is 0 Å². The molecule has 0 aromatic carbocycles. The van der Waals surface area contributed by atoms with Crippen molar-refractivity contribution in [3.63, 3.8) is 0 Å². The molecule has 0 saturated heterocycles. The average molecular weight is 348 g/mol. The molecule has 0 radical (unpaired) electrons. The zero-order chi connectivity index (χ0) is 17.3. The summed E-state index contributed by atoms with van der Waals surface area (Å²) >= 11 is 6.13. The number of halogens is 1. The number of ether oxygens (including phenoxy) is 1. The summed E-state index contributed by atoms with van der Waals surface area (Å²) in [6, 6.07) is 3.26. The SMILES string of the molecule is Cc1ccn(C)c(=O)c1NC(=O)c1cnc(OCC2CC2)c(Cl)c1. The third-order valence-corrected chi connectivity index (χ3v) is 4.21. The Kier molecular flexibility index (Phi) is 4.57. The third-order valence-electron chi connectivity index (χ3n) is 3.94. The van der Waals surface area contributed by atoms with Crippen LogP contribution in [0.15, 0.2) is 29.3 Å². The van der Waals surface area contributed by atoms with Crippen LogP contribution in [0.2, 0.25) is 5.02 Å². The van der Waals surface area contributed by atoms with Crippen molar-refractivity contribution >= 4 is 23.2 Å². The summed E-state index contributed by atoms with van der Waals surface area (Å²) in [4.78, 5) is 28.6. The highest BCUT2D eigenvalue weighted by Crippen LogP contribution is 2.31. The topological polar surface area (TPSA) is 73.2 Å². The van der Waals surface area contributed by atoms with Gasteiger partial charge in [-0.2, -0.15) is 0 Å². The second kappa shape index (κ2) is 6.65. The maximum Gasteiger partial charge on any atom is 0.274 e. The van der Waals surface area contributed by atoms with Crippen LogP contribution in [0.4, 0.5) is 5.69 Å². The molecule has 0 aliphatic heterocycles. The molecule has 1 N–H and O–H groups in total. The third kappa shape index (κ3) is 3.59. The maximum atomic E-state index is 12.4. The van der Waals surface area contributed by atoms with Crippen LogP contribution in [0.1, 0.15) is 28.8 Å². The Morgan fingerprint density at radius 1 is 1.50 bits per heavy atom. The van der Waals surface area contributed by atoms with Gasteiger partial charge in [-0.25, -0.2) is 4.98 Å². The molecule has 0 unspecified atom stereocenters. The number of carbonyl (C=O) groups excluding carboxylic acids is 1. The molecule has 2 heterocycles. The summed E-state index contributed by atoms with van der Waals surface area (Å²) in [5.74, 6) is 0.472. The first-order chi connectivity index (χ1) is 11.5. The average Bonchev–Trinajstić information content (AvgIpc) is 3.38. The van der Waals surface area contributed by atoms with Crippen LogP contribution in [0.25, 0.3) is 0 Å². The minimum Gasteiger partial charge on any atom is -0.476 e. The molecule has 126 valence electrons. The standard InChI is InChI=1S/C17H18ClN3O3/c1-10-5-6-21(2)17(23)14(10)20-15(22)12-7-13(18)16(19-8-12)24-9-11-3-4-11/h5-8,11H,3-4,9H2,1-2H3,(H,20,22). The van der Waals surface area contributed by atoms with E-state index in [1.54, 1.807) is 26.2 Å². The van der Waals surface area contributed by atoms with Gasteiger partial charge in [-0.05, 0) is 43.4 Å². The molecule has 3 rings (SSSR count). The molecule has 1 aliphatic rings. The summed E-state index contributed by atoms with van der Waals surface area (Å²) in [5.41, 5.74) is 0.931. The van der Waals surface area contributed by atoms with E-state index in [1.807, 2.05) is 0 Å². The Bertz CT molecular complexity index is 843. The van der Waals surface area contributed by atoms with Crippen LogP contribution in [-0.4, -0.2) is 22.1 Å². The molecule has 2 aromatic rings. The summed E-state index contributed by atoms with van der Waals surface area (Å²) in [5, 5.41) is 2.91. The van der Waals surface area contributed by atoms with Crippen LogP contribution < -0.4 is 15.6 Å². The van der Waals surface area contributed by atoms with Crippen molar-refractivity contribution in [2.45, 2.75) is 19.8 Å². The first-order valence-corrected chi connectivity index (χ1v) is 8.09. The lowest BCUT2D eigenvalue weighted by molar-refractivity contribution is 0.102. The van der Waals surface area contributed by atoms with Crippen LogP contribution in [-0.2, 0) is 7.05 Å². The number of pyridine rings is 2. The van der Waals surface area contributed by atoms with Gasteiger partial charge in [-0.1, -0.05) is 11.6 Å². The molecule has 1 aliphatic carbocycles. The number of nitrogens with one attached hydrogen (secondary N) is 1. The highest BCUT2D eigenvalue weighted by atomic mass is 35.5. The molecule has 7 heteroatoms. The summed E-state index contributed by atoms with van der Waals surface area (Å²) < 4.78 is 6.95. The van der Waals surface area contributed by atoms with Crippen molar-refractivity contribution in [2.75, 3.05) is 11.9 Å². The summed E-state index contributed by atoms with van der Waals surface area (Å²) in [6.07, 6.45) is 5.39. The Balaban J connectivity index is 1.76. The number of nitrogens with zero attached hydrogens (tertiary/aromatic N) is 2. The normalized spacial score (nSPS) is 13.6. The number of carbonyl (C=O) groups is 1. The van der Waals surface area contributed by atoms with Gasteiger partial charge in [0, 0.05) is 19.4 Å². The number of rotatable bonds is 5. The van der Waals surface area contributed by atoms with E-state index in [0.29, 0.717) is 24.0 Å². The molecular formula is C17H18ClN3O3. The summed E-state index contributed by atoms with van der Waals surface area (Å²) in [7, 11) is 1.63. The molecule has 1 saturated carbocycles. The van der Waals surface area contributed by atoms with E-state index in [4.69, 9.17) is 16.3 Å². The van der Waals surface area contributed by atoms with E-state index in [1.165, 1.54) is 29.7 Å². The molecule has 24 heavy (non-hydrogen) atoms. The molecule has 6 nitrogen and oxygen atoms in total. The highest BCUT2D eigenvalue weighted by molar-refractivity contribution is 6.32. The number of hydrogen-bond acceptors (Lipinski definition) is 4. The van der Waals surface area contributed by atoms with E-state index >= 15 is 0 Å². The molecule has 1 fully saturated rings. The fourth-order valence-electron chi connectivity index (χ4n) is 2.19. The van der Waals surface area contributed by atoms with Crippen molar-refractivity contribution in [1.82, 2.24) is 9.55 Å². The minimum absolute atomic E-state index is 0.246. The van der Waals surface area contributed by atoms with Gasteiger partial charge in [0.2, 0.25) is 5.88 Å². The van der Waals surface area contributed by atoms with Crippen molar-refractivity contribution < 1.29 is 9.53 Å². The zero-order valence-electron chi connectivity index (χ0n) is 13.5. The van der Waals surface area contributed by atoms with Crippen molar-refractivity contribution in [3.8, 4) is 5.88 Å². The van der Waals surface area contributed by atoms with Gasteiger partial charge in [0.05, 0.1) is 12.2 Å². The number of aryl methyl sites for hydroxylation is 2. The lowest BCUT2D eigenvalue weighted by Gasteiger charge is -2.10. The predicted molar refractivity (Wildman–Crippen MR) is 91.8 cm³/mol. The fourth-order valence-corrected chi connectivity index (χ4v) is 2.42. The van der Waals surface area contributed by atoms with Gasteiger partial charge in [-0.3, -0.25) is 9.59 Å². The van der Waals surface area contributed by atoms with E-state index in [2.05, 4.69) is 10.3 Å². The number of aromatic nitrogens is 2. The maximum absolute atomic E-state index is 12.4. The lowest BCUT2D eigenvalue weighted by Crippen LogP contribution is -2.25. The fraction of sp³-hybridized carbons (Fsp3) is 0.353. The summed E-state index contributed by atoms with van der Waals surface area (Å²) in [6.45, 7) is 2.36. The quantitative estimate of drug-likeness (QED) is 0.902. The Morgan fingerprint density at radius 2 is 2.25 bits per heavy atom. The largest absolute Gasteiger partial charge is 0.476 e. The van der Waals surface area contributed by atoms with Crippen molar-refractivity contribution in [3.05, 3.63) is 51.0 Å². The van der Waals surface area contributed by atoms with E-state index in [0.717, 1.165) is 0 Å². The van der Waals surface area contributed by atoms with Gasteiger partial charge in [-0.15, -0.1) is 0 Å². The predicted octanol–water partition coefficient (Wildman–Crippen LogP) is 2.78. The van der Waals surface area contributed by atoms with Crippen LogP contribution in [0.3, 0.4) is 0 Å². The first-order valence-electron chi connectivity index (χ1n) is 7.71. The second-order valence-electron chi connectivity index (χ2n) is 6.01. The van der Waals surface area contributed by atoms with Crippen LogP contribution >= 0.6 is 11.6 Å². The smallest absolute Gasteiger partial charge is 0.274 e. The van der Waals surface area contributed by atoms with Crippen molar-refractivity contribution in [1.29, 1.82) is 0 Å². The van der Waals surface area contributed by atoms with E-state index in [9.17, 15) is 9.59 Å².